The summed E-state index contributed by atoms with van der Waals surface area (Å²) in [6, 6.07) is 5.74. The van der Waals surface area contributed by atoms with Crippen LogP contribution >= 0.6 is 0 Å². The topological polar surface area (TPSA) is 89.6 Å². The van der Waals surface area contributed by atoms with Crippen molar-refractivity contribution in [3.8, 4) is 0 Å². The van der Waals surface area contributed by atoms with E-state index in [4.69, 9.17) is 9.59 Å². The Labute approximate surface area is 209 Å². The molecule has 198 valence electrons. The first kappa shape index (κ1) is 29.0. The Bertz CT molecular complexity index is 997. The lowest BCUT2D eigenvalue weighted by Crippen LogP contribution is -2.35. The molecule has 2 atom stereocenters. The number of fused-ring (bicyclic) bond motifs is 2. The molecule has 0 spiro atoms. The standard InChI is InChI=1S/C21H24F3N5O.C2H6.2CH2O/c1-27-7-6-17-15(12-27)19(26-25-17)20(30)29-10-13-8-28(9-14(13)11-29)18-5-3-2-4-16(18)21(22,23)24;3*1-2/h2-5,13-14H,6-12H2,1H3,(H,25,26);1-2H3;2*1H2/t13-,14+;;;. The maximum atomic E-state index is 13.4. The molecule has 5 rings (SSSR count). The molecule has 1 amide bonds. The number of nitrogens with one attached hydrogen (secondary N) is 1. The highest BCUT2D eigenvalue weighted by molar-refractivity contribution is 5.94. The number of carbonyl (C=O) groups is 3. The zero-order valence-electron chi connectivity index (χ0n) is 21.0. The molecule has 2 saturated heterocycles. The number of hydrogen-bond acceptors (Lipinski definition) is 6. The summed E-state index contributed by atoms with van der Waals surface area (Å²) in [5.74, 6) is 0.278. The van der Waals surface area contributed by atoms with Gasteiger partial charge in [0.2, 0.25) is 0 Å². The molecule has 8 nitrogen and oxygen atoms in total. The van der Waals surface area contributed by atoms with Crippen molar-refractivity contribution < 1.29 is 27.6 Å². The summed E-state index contributed by atoms with van der Waals surface area (Å²) in [6.07, 6.45) is -3.52. The van der Waals surface area contributed by atoms with Gasteiger partial charge in [0.25, 0.3) is 5.91 Å². The average Bonchev–Trinajstić information content (AvgIpc) is 3.60. The molecule has 3 aliphatic rings. The number of rotatable bonds is 2. The third-order valence-corrected chi connectivity index (χ3v) is 6.65. The number of hydrogen-bond donors (Lipinski definition) is 1. The van der Waals surface area contributed by atoms with Gasteiger partial charge in [0.1, 0.15) is 13.6 Å². The fraction of sp³-hybridized carbons (Fsp3) is 0.520. The Morgan fingerprint density at radius 2 is 1.61 bits per heavy atom. The molecule has 0 bridgehead atoms. The quantitative estimate of drug-likeness (QED) is 0.669. The number of halogens is 3. The lowest BCUT2D eigenvalue weighted by Gasteiger charge is -2.26. The minimum atomic E-state index is -4.37. The van der Waals surface area contributed by atoms with E-state index in [9.17, 15) is 18.0 Å². The van der Waals surface area contributed by atoms with Crippen molar-refractivity contribution >= 4 is 25.2 Å². The van der Waals surface area contributed by atoms with Crippen LogP contribution in [-0.2, 0) is 28.7 Å². The van der Waals surface area contributed by atoms with Gasteiger partial charge in [-0.05, 0) is 19.2 Å². The second kappa shape index (κ2) is 12.7. The molecule has 0 radical (unpaired) electrons. The SMILES string of the molecule is C=O.C=O.CC.CN1CCc2[nH]nc(C(=O)N3C[C@@H]4CN(c5ccccc5C(F)(F)F)C[C@@H]4C3)c2C1. The molecule has 0 aliphatic carbocycles. The predicted octanol–water partition coefficient (Wildman–Crippen LogP) is 3.28. The summed E-state index contributed by atoms with van der Waals surface area (Å²) < 4.78 is 40.2. The van der Waals surface area contributed by atoms with E-state index in [1.165, 1.54) is 6.07 Å². The molecule has 1 N–H and O–H groups in total. The number of amides is 1. The van der Waals surface area contributed by atoms with Crippen LogP contribution in [-0.4, -0.2) is 79.3 Å². The second-order valence-corrected chi connectivity index (χ2v) is 8.67. The monoisotopic (exact) mass is 509 g/mol. The zero-order chi connectivity index (χ0) is 27.0. The van der Waals surface area contributed by atoms with Crippen LogP contribution in [0.4, 0.5) is 18.9 Å². The average molecular weight is 510 g/mol. The number of aromatic nitrogens is 2. The largest absolute Gasteiger partial charge is 0.418 e. The van der Waals surface area contributed by atoms with Crippen molar-refractivity contribution in [2.75, 3.05) is 44.7 Å². The maximum Gasteiger partial charge on any atom is 0.418 e. The smallest absolute Gasteiger partial charge is 0.370 e. The summed E-state index contributed by atoms with van der Waals surface area (Å²) in [7, 11) is 2.03. The number of benzene rings is 1. The molecule has 1 aromatic carbocycles. The third-order valence-electron chi connectivity index (χ3n) is 6.65. The van der Waals surface area contributed by atoms with E-state index < -0.39 is 11.7 Å². The van der Waals surface area contributed by atoms with E-state index in [0.29, 0.717) is 38.4 Å². The van der Waals surface area contributed by atoms with Crippen LogP contribution in [0.5, 0.6) is 0 Å². The number of aromatic amines is 1. The number of likely N-dealkylation sites (tertiary alicyclic amines) is 1. The maximum absolute atomic E-state index is 13.4. The summed E-state index contributed by atoms with van der Waals surface area (Å²) in [4.78, 5) is 34.9. The Morgan fingerprint density at radius 3 is 2.19 bits per heavy atom. The van der Waals surface area contributed by atoms with Gasteiger partial charge in [0.15, 0.2) is 5.69 Å². The van der Waals surface area contributed by atoms with Gasteiger partial charge in [-0.2, -0.15) is 18.3 Å². The normalized spacial score (nSPS) is 20.6. The van der Waals surface area contributed by atoms with Crippen LogP contribution in [0.1, 0.15) is 41.2 Å². The molecule has 2 aromatic rings. The lowest BCUT2D eigenvalue weighted by molar-refractivity contribution is -0.137. The zero-order valence-corrected chi connectivity index (χ0v) is 21.0. The van der Waals surface area contributed by atoms with Gasteiger partial charge < -0.3 is 24.3 Å². The second-order valence-electron chi connectivity index (χ2n) is 8.67. The van der Waals surface area contributed by atoms with E-state index in [-0.39, 0.29) is 23.4 Å². The molecular formula is C25H34F3N5O3. The van der Waals surface area contributed by atoms with E-state index >= 15 is 0 Å². The molecule has 1 aromatic heterocycles. The van der Waals surface area contributed by atoms with E-state index in [2.05, 4.69) is 15.1 Å². The van der Waals surface area contributed by atoms with Crippen LogP contribution in [0.25, 0.3) is 0 Å². The molecule has 4 heterocycles. The number of H-pyrrole nitrogens is 1. The van der Waals surface area contributed by atoms with E-state index in [1.807, 2.05) is 44.3 Å². The van der Waals surface area contributed by atoms with Gasteiger partial charge in [-0.15, -0.1) is 0 Å². The van der Waals surface area contributed by atoms with Gasteiger partial charge in [-0.3, -0.25) is 9.89 Å². The highest BCUT2D eigenvalue weighted by Gasteiger charge is 2.44. The van der Waals surface area contributed by atoms with Crippen LogP contribution in [0.2, 0.25) is 0 Å². The molecule has 2 fully saturated rings. The van der Waals surface area contributed by atoms with Gasteiger partial charge in [-0.1, -0.05) is 26.0 Å². The minimum Gasteiger partial charge on any atom is -0.370 e. The van der Waals surface area contributed by atoms with Gasteiger partial charge in [0.05, 0.1) is 5.56 Å². The molecule has 3 aliphatic heterocycles. The highest BCUT2D eigenvalue weighted by atomic mass is 19.4. The fourth-order valence-corrected chi connectivity index (χ4v) is 5.10. The molecular weight excluding hydrogens is 475 g/mol. The molecule has 0 unspecified atom stereocenters. The van der Waals surface area contributed by atoms with Crippen molar-refractivity contribution in [2.24, 2.45) is 11.8 Å². The predicted molar refractivity (Wildman–Crippen MR) is 131 cm³/mol. The van der Waals surface area contributed by atoms with Gasteiger partial charge in [0, 0.05) is 74.5 Å². The minimum absolute atomic E-state index is 0.0700. The van der Waals surface area contributed by atoms with Crippen molar-refractivity contribution in [1.82, 2.24) is 20.0 Å². The number of carbonyl (C=O) groups excluding carboxylic acids is 3. The first-order chi connectivity index (χ1) is 17.3. The number of para-hydroxylation sites is 1. The lowest BCUT2D eigenvalue weighted by atomic mass is 10.0. The number of likely N-dealkylation sites (N-methyl/N-ethyl adjacent to an activating group) is 1. The summed E-state index contributed by atoms with van der Waals surface area (Å²) in [6.45, 7) is 11.8. The first-order valence-electron chi connectivity index (χ1n) is 11.8. The van der Waals surface area contributed by atoms with E-state index in [1.54, 1.807) is 12.1 Å². The molecule has 36 heavy (non-hydrogen) atoms. The van der Waals surface area contributed by atoms with Crippen LogP contribution in [0, 0.1) is 11.8 Å². The third kappa shape index (κ3) is 5.95. The van der Waals surface area contributed by atoms with Crippen molar-refractivity contribution in [1.29, 1.82) is 0 Å². The Kier molecular flexibility index (Phi) is 10.2. The summed E-state index contributed by atoms with van der Waals surface area (Å²) in [5, 5.41) is 7.31. The molecule has 11 heteroatoms. The highest BCUT2D eigenvalue weighted by Crippen LogP contribution is 2.41. The fourth-order valence-electron chi connectivity index (χ4n) is 5.10. The number of alkyl halides is 3. The van der Waals surface area contributed by atoms with E-state index in [0.717, 1.165) is 30.3 Å². The van der Waals surface area contributed by atoms with Crippen molar-refractivity contribution in [2.45, 2.75) is 33.0 Å². The van der Waals surface area contributed by atoms with Gasteiger partial charge >= 0.3 is 6.18 Å². The Morgan fingerprint density at radius 1 is 1.03 bits per heavy atom. The van der Waals surface area contributed by atoms with Crippen molar-refractivity contribution in [3.63, 3.8) is 0 Å². The Balaban J connectivity index is 0.000000710. The summed E-state index contributed by atoms with van der Waals surface area (Å²) in [5.41, 5.74) is 2.15. The van der Waals surface area contributed by atoms with Crippen LogP contribution < -0.4 is 4.90 Å². The Hall–Kier alpha value is -3.21. The summed E-state index contributed by atoms with van der Waals surface area (Å²) >= 11 is 0. The number of nitrogens with zero attached hydrogens (tertiary/aromatic N) is 4. The molecule has 0 saturated carbocycles. The van der Waals surface area contributed by atoms with Crippen LogP contribution in [0.3, 0.4) is 0 Å². The van der Waals surface area contributed by atoms with Gasteiger partial charge in [-0.25, -0.2) is 0 Å². The first-order valence-corrected chi connectivity index (χ1v) is 11.8. The number of anilines is 1. The van der Waals surface area contributed by atoms with Crippen LogP contribution in [0.15, 0.2) is 24.3 Å². The van der Waals surface area contributed by atoms with Crippen molar-refractivity contribution in [3.05, 3.63) is 46.8 Å².